The Morgan fingerprint density at radius 3 is 1.20 bits per heavy atom. The van der Waals surface area contributed by atoms with Gasteiger partial charge in [0.2, 0.25) is 0 Å². The summed E-state index contributed by atoms with van der Waals surface area (Å²) >= 11 is 0. The Labute approximate surface area is 168 Å². The number of hydrogen-bond acceptors (Lipinski definition) is 0. The maximum Gasteiger partial charge on any atom is 2.00 e. The summed E-state index contributed by atoms with van der Waals surface area (Å²) in [5, 5.41) is 0. The summed E-state index contributed by atoms with van der Waals surface area (Å²) < 4.78 is 0. The van der Waals surface area contributed by atoms with Crippen LogP contribution in [0.4, 0.5) is 0 Å². The summed E-state index contributed by atoms with van der Waals surface area (Å²) in [4.78, 5) is 0. The van der Waals surface area contributed by atoms with E-state index in [1.807, 2.05) is 0 Å². The summed E-state index contributed by atoms with van der Waals surface area (Å²) in [6.07, 6.45) is 0. The summed E-state index contributed by atoms with van der Waals surface area (Å²) in [6.45, 7) is 0. The Morgan fingerprint density at radius 1 is 1.20 bits per heavy atom. The summed E-state index contributed by atoms with van der Waals surface area (Å²) in [6, 6.07) is 0. The Kier molecular flexibility index (Phi) is 142. The standard InChI is InChI=1S/Ca.Ce.Fe.K.Mo.3H/q+2;;;+1;;3*-1. The maximum absolute atomic E-state index is 0. The molecule has 0 N–H and O–H groups in total. The maximum atomic E-state index is 0. The average molecular weight is 374 g/mol. The molecule has 0 aromatic carbocycles. The minimum absolute atomic E-state index is 0. The first kappa shape index (κ1) is 31.4. The van der Waals surface area contributed by atoms with Crippen LogP contribution < -0.4 is 51.4 Å². The van der Waals surface area contributed by atoms with Crippen LogP contribution in [0, 0.1) is 41.7 Å². The predicted octanol–water partition coefficient (Wildman–Crippen LogP) is -3.04. The van der Waals surface area contributed by atoms with E-state index in [1.165, 1.54) is 0 Å². The van der Waals surface area contributed by atoms with Crippen LogP contribution in [0.1, 0.15) is 4.28 Å². The first-order chi connectivity index (χ1) is 0. The monoisotopic (exact) mass is 376 g/mol. The van der Waals surface area contributed by atoms with Gasteiger partial charge in [0.05, 0.1) is 0 Å². The van der Waals surface area contributed by atoms with E-state index >= 15 is 0 Å². The molecular weight excluding hydrogens is 371 g/mol. The molecule has 0 saturated carbocycles. The largest absolute Gasteiger partial charge is 2.00 e. The van der Waals surface area contributed by atoms with Gasteiger partial charge in [0.25, 0.3) is 0 Å². The van der Waals surface area contributed by atoms with Crippen LogP contribution >= 0.6 is 0 Å². The Morgan fingerprint density at radius 2 is 1.20 bits per heavy atom. The fraction of sp³-hybridized carbons (Fsp3) is 0. The molecule has 0 bridgehead atoms. The second-order valence-electron chi connectivity index (χ2n) is 0. The third kappa shape index (κ3) is 17.7. The molecule has 0 nitrogen and oxygen atoms in total. The normalized spacial score (nSPS) is 0. The molecule has 0 fully saturated rings. The van der Waals surface area contributed by atoms with Crippen molar-refractivity contribution in [3.63, 3.8) is 0 Å². The zero-order valence-electron chi connectivity index (χ0n) is 5.97. The Bertz CT molecular complexity index is 19.2. The second kappa shape index (κ2) is 22.7. The fourth-order valence-electron chi connectivity index (χ4n) is 0. The number of rotatable bonds is 0. The molecular formula is H3CaCeFeKMo. The van der Waals surface area contributed by atoms with Crippen LogP contribution in [-0.4, -0.2) is 37.7 Å². The summed E-state index contributed by atoms with van der Waals surface area (Å²) in [5.74, 6) is 0. The van der Waals surface area contributed by atoms with E-state index in [2.05, 4.69) is 0 Å². The number of hydrogen-bond donors (Lipinski definition) is 0. The molecule has 0 aliphatic carbocycles. The van der Waals surface area contributed by atoms with Gasteiger partial charge in [-0.1, -0.05) is 0 Å². The van der Waals surface area contributed by atoms with Gasteiger partial charge >= 0.3 is 89.1 Å². The average Bonchev–Trinajstić information content (AvgIpc) is 0. The van der Waals surface area contributed by atoms with Crippen LogP contribution in [0.25, 0.3) is 0 Å². The Balaban J connectivity index is 0. The zero-order chi connectivity index (χ0) is 0. The van der Waals surface area contributed by atoms with Crippen molar-refractivity contribution in [2.24, 2.45) is 0 Å². The van der Waals surface area contributed by atoms with Crippen molar-refractivity contribution < 1.29 is 136 Å². The van der Waals surface area contributed by atoms with E-state index in [-0.39, 0.29) is 173 Å². The van der Waals surface area contributed by atoms with E-state index in [0.717, 1.165) is 0 Å². The van der Waals surface area contributed by atoms with Gasteiger partial charge in [-0.15, -0.1) is 0 Å². The van der Waals surface area contributed by atoms with Gasteiger partial charge in [0.15, 0.2) is 0 Å². The molecule has 0 rings (SSSR count). The first-order valence-electron chi connectivity index (χ1n) is 0. The third-order valence-corrected chi connectivity index (χ3v) is 0. The molecule has 24 valence electrons. The van der Waals surface area contributed by atoms with Crippen molar-refractivity contribution >= 4 is 37.7 Å². The fourth-order valence-corrected chi connectivity index (χ4v) is 0. The molecule has 0 aliphatic rings. The minimum Gasteiger partial charge on any atom is -1.00 e. The van der Waals surface area contributed by atoms with Crippen LogP contribution in [-0.2, 0) is 38.1 Å². The summed E-state index contributed by atoms with van der Waals surface area (Å²) in [5.41, 5.74) is 0. The van der Waals surface area contributed by atoms with Crippen molar-refractivity contribution in [3.05, 3.63) is 0 Å². The van der Waals surface area contributed by atoms with Gasteiger partial charge in [0.1, 0.15) is 0 Å². The molecule has 0 amide bonds. The van der Waals surface area contributed by atoms with Crippen molar-refractivity contribution in [2.75, 3.05) is 0 Å². The molecule has 0 aliphatic heterocycles. The van der Waals surface area contributed by atoms with Gasteiger partial charge in [0, 0.05) is 79.9 Å². The first-order valence-corrected chi connectivity index (χ1v) is 0. The molecule has 0 spiro atoms. The smallest absolute Gasteiger partial charge is 1.00 e. The van der Waals surface area contributed by atoms with Crippen molar-refractivity contribution in [1.29, 1.82) is 0 Å². The molecule has 0 radical (unpaired) electrons. The van der Waals surface area contributed by atoms with E-state index in [9.17, 15) is 0 Å². The molecule has 0 heterocycles. The third-order valence-electron chi connectivity index (χ3n) is 0. The van der Waals surface area contributed by atoms with Gasteiger partial charge in [-0.3, -0.25) is 0 Å². The molecule has 0 aromatic heterocycles. The molecule has 5 heavy (non-hydrogen) atoms. The van der Waals surface area contributed by atoms with E-state index < -0.39 is 0 Å². The van der Waals surface area contributed by atoms with Crippen LogP contribution in [0.15, 0.2) is 0 Å². The van der Waals surface area contributed by atoms with Gasteiger partial charge in [-0.25, -0.2) is 0 Å². The van der Waals surface area contributed by atoms with Crippen molar-refractivity contribution in [3.8, 4) is 0 Å². The Hall–Kier alpha value is 5.48. The molecule has 5 heteroatoms. The second-order valence-corrected chi connectivity index (χ2v) is 0. The molecule has 0 saturated heterocycles. The molecule has 0 unspecified atom stereocenters. The van der Waals surface area contributed by atoms with Crippen LogP contribution in [0.3, 0.4) is 0 Å². The molecule has 0 atom stereocenters. The van der Waals surface area contributed by atoms with Crippen molar-refractivity contribution in [1.82, 2.24) is 0 Å². The zero-order valence-corrected chi connectivity index (χ0v) is 14.6. The molecule has 0 aromatic rings. The van der Waals surface area contributed by atoms with E-state index in [4.69, 9.17) is 0 Å². The quantitative estimate of drug-likeness (QED) is 0.396. The minimum atomic E-state index is 0. The topological polar surface area (TPSA) is 0 Å². The van der Waals surface area contributed by atoms with Gasteiger partial charge in [-0.05, 0) is 0 Å². The van der Waals surface area contributed by atoms with E-state index in [1.54, 1.807) is 0 Å². The van der Waals surface area contributed by atoms with Gasteiger partial charge < -0.3 is 4.28 Å². The summed E-state index contributed by atoms with van der Waals surface area (Å²) in [7, 11) is 0. The predicted molar refractivity (Wildman–Crippen MR) is 9.09 cm³/mol. The van der Waals surface area contributed by atoms with Crippen molar-refractivity contribution in [2.45, 2.75) is 0 Å². The van der Waals surface area contributed by atoms with Crippen LogP contribution in [0.5, 0.6) is 0 Å². The van der Waals surface area contributed by atoms with E-state index in [0.29, 0.717) is 0 Å². The van der Waals surface area contributed by atoms with Crippen LogP contribution in [0.2, 0.25) is 0 Å². The SMILES string of the molecule is [Ca+2].[Ce].[Fe].[H-].[H-].[H-].[K+].[Mo]. The van der Waals surface area contributed by atoms with Gasteiger partial charge in [-0.2, -0.15) is 0 Å².